The lowest BCUT2D eigenvalue weighted by Gasteiger charge is -2.12. The summed E-state index contributed by atoms with van der Waals surface area (Å²) in [5.74, 6) is 2.66. The Morgan fingerprint density at radius 2 is 2.00 bits per heavy atom. The van der Waals surface area contributed by atoms with E-state index in [-0.39, 0.29) is 6.61 Å². The molecule has 1 atom stereocenters. The molecule has 0 fully saturated rings. The first-order valence-electron chi connectivity index (χ1n) is 6.32. The molecular weight excluding hydrogens is 218 g/mol. The molecule has 0 aliphatic heterocycles. The van der Waals surface area contributed by atoms with E-state index in [1.807, 2.05) is 11.8 Å². The van der Waals surface area contributed by atoms with Crippen molar-refractivity contribution in [3.8, 4) is 0 Å². The van der Waals surface area contributed by atoms with Gasteiger partial charge >= 0.3 is 0 Å². The van der Waals surface area contributed by atoms with E-state index in [2.05, 4.69) is 27.7 Å². The average Bonchev–Trinajstić information content (AvgIpc) is 2.21. The van der Waals surface area contributed by atoms with E-state index in [0.717, 1.165) is 30.8 Å². The molecule has 0 amide bonds. The molecule has 1 unspecified atom stereocenters. The molecule has 0 bridgehead atoms. The van der Waals surface area contributed by atoms with E-state index in [4.69, 9.17) is 10.1 Å². The predicted molar refractivity (Wildman–Crippen MR) is 75.7 cm³/mol. The van der Waals surface area contributed by atoms with Crippen molar-refractivity contribution in [2.24, 2.45) is 10.9 Å². The Morgan fingerprint density at radius 1 is 1.31 bits per heavy atom. The van der Waals surface area contributed by atoms with Crippen molar-refractivity contribution in [1.29, 1.82) is 0 Å². The number of aliphatic imine (C=N–C) groups is 1. The second-order valence-electron chi connectivity index (χ2n) is 4.65. The Morgan fingerprint density at radius 3 is 2.50 bits per heavy atom. The third-order valence-electron chi connectivity index (χ3n) is 2.41. The summed E-state index contributed by atoms with van der Waals surface area (Å²) in [7, 11) is 0. The maximum atomic E-state index is 8.68. The summed E-state index contributed by atoms with van der Waals surface area (Å²) in [5.41, 5.74) is 1.29. The number of rotatable bonds is 9. The van der Waals surface area contributed by atoms with Gasteiger partial charge in [0, 0.05) is 11.5 Å². The molecule has 0 aliphatic rings. The van der Waals surface area contributed by atoms with Crippen molar-refractivity contribution in [1.82, 2.24) is 0 Å². The minimum Gasteiger partial charge on any atom is -0.396 e. The van der Waals surface area contributed by atoms with Crippen LogP contribution >= 0.6 is 11.8 Å². The molecule has 0 aromatic heterocycles. The number of nitrogens with zero attached hydrogens (tertiary/aromatic N) is 1. The van der Waals surface area contributed by atoms with Gasteiger partial charge in [0.15, 0.2) is 0 Å². The van der Waals surface area contributed by atoms with Gasteiger partial charge in [0.1, 0.15) is 0 Å². The van der Waals surface area contributed by atoms with Gasteiger partial charge < -0.3 is 5.11 Å². The van der Waals surface area contributed by atoms with Crippen LogP contribution in [-0.2, 0) is 0 Å². The van der Waals surface area contributed by atoms with Crippen LogP contribution in [0.25, 0.3) is 0 Å². The Kier molecular flexibility index (Phi) is 10.1. The highest BCUT2D eigenvalue weighted by atomic mass is 32.2. The number of aliphatic hydroxyl groups is 1. The molecule has 0 saturated carbocycles. The van der Waals surface area contributed by atoms with E-state index in [0.29, 0.717) is 12.0 Å². The van der Waals surface area contributed by atoms with Crippen molar-refractivity contribution < 1.29 is 5.11 Å². The predicted octanol–water partition coefficient (Wildman–Crippen LogP) is 3.39. The van der Waals surface area contributed by atoms with Crippen molar-refractivity contribution in [2.45, 2.75) is 53.0 Å². The quantitative estimate of drug-likeness (QED) is 0.499. The molecule has 3 heteroatoms. The Hall–Kier alpha value is -0.0200. The summed E-state index contributed by atoms with van der Waals surface area (Å²) in [6, 6.07) is 0.477. The monoisotopic (exact) mass is 245 g/mol. The third kappa shape index (κ3) is 9.22. The van der Waals surface area contributed by atoms with Crippen molar-refractivity contribution in [2.75, 3.05) is 18.1 Å². The molecule has 0 rings (SSSR count). The highest BCUT2D eigenvalue weighted by Gasteiger charge is 2.05. The minimum absolute atomic E-state index is 0.289. The SMILES string of the molecule is CCC(CCSCCO)N=C(C)CC(C)C. The zero-order valence-electron chi connectivity index (χ0n) is 11.2. The van der Waals surface area contributed by atoms with Crippen LogP contribution in [-0.4, -0.2) is 35.0 Å². The molecule has 0 aromatic carbocycles. The van der Waals surface area contributed by atoms with Gasteiger partial charge in [-0.3, -0.25) is 4.99 Å². The standard InChI is InChI=1S/C13H27NOS/c1-5-13(6-8-16-9-7-15)14-12(4)10-11(2)3/h11,13,15H,5-10H2,1-4H3. The number of thioether (sulfide) groups is 1. The van der Waals surface area contributed by atoms with Crippen molar-refractivity contribution >= 4 is 17.5 Å². The Balaban J connectivity index is 3.88. The lowest BCUT2D eigenvalue weighted by molar-refractivity contribution is 0.322. The van der Waals surface area contributed by atoms with E-state index in [1.54, 1.807) is 0 Å². The van der Waals surface area contributed by atoms with Crippen LogP contribution in [0.2, 0.25) is 0 Å². The van der Waals surface area contributed by atoms with Crippen LogP contribution in [0.15, 0.2) is 4.99 Å². The number of hydrogen-bond acceptors (Lipinski definition) is 3. The fourth-order valence-corrected chi connectivity index (χ4v) is 2.47. The maximum absolute atomic E-state index is 8.68. The summed E-state index contributed by atoms with van der Waals surface area (Å²) in [6.45, 7) is 9.10. The fraction of sp³-hybridized carbons (Fsp3) is 0.923. The van der Waals surface area contributed by atoms with Gasteiger partial charge in [-0.1, -0.05) is 20.8 Å². The van der Waals surface area contributed by atoms with E-state index in [9.17, 15) is 0 Å². The topological polar surface area (TPSA) is 32.6 Å². The lowest BCUT2D eigenvalue weighted by Crippen LogP contribution is -2.09. The molecule has 0 aliphatic carbocycles. The molecule has 0 saturated heterocycles. The van der Waals surface area contributed by atoms with E-state index in [1.165, 1.54) is 5.71 Å². The largest absolute Gasteiger partial charge is 0.396 e. The van der Waals surface area contributed by atoms with E-state index < -0.39 is 0 Å². The second-order valence-corrected chi connectivity index (χ2v) is 5.87. The van der Waals surface area contributed by atoms with Crippen LogP contribution in [0.5, 0.6) is 0 Å². The van der Waals surface area contributed by atoms with Crippen LogP contribution in [0.1, 0.15) is 47.0 Å². The van der Waals surface area contributed by atoms with Crippen molar-refractivity contribution in [3.63, 3.8) is 0 Å². The molecule has 2 nitrogen and oxygen atoms in total. The molecule has 96 valence electrons. The Labute approximate surface area is 105 Å². The third-order valence-corrected chi connectivity index (χ3v) is 3.40. The molecular formula is C13H27NOS. The molecule has 0 heterocycles. The number of hydrogen-bond donors (Lipinski definition) is 1. The van der Waals surface area contributed by atoms with Gasteiger partial charge in [0.05, 0.1) is 12.6 Å². The molecule has 0 spiro atoms. The van der Waals surface area contributed by atoms with Gasteiger partial charge in [-0.15, -0.1) is 0 Å². The lowest BCUT2D eigenvalue weighted by atomic mass is 10.1. The molecule has 0 aromatic rings. The average molecular weight is 245 g/mol. The molecule has 16 heavy (non-hydrogen) atoms. The second kappa shape index (κ2) is 10.2. The first-order chi connectivity index (χ1) is 7.60. The highest BCUT2D eigenvalue weighted by Crippen LogP contribution is 2.11. The highest BCUT2D eigenvalue weighted by molar-refractivity contribution is 7.99. The summed E-state index contributed by atoms with van der Waals surface area (Å²) < 4.78 is 0. The maximum Gasteiger partial charge on any atom is 0.0521 e. The van der Waals surface area contributed by atoms with E-state index >= 15 is 0 Å². The molecule has 0 radical (unpaired) electrons. The van der Waals surface area contributed by atoms with Gasteiger partial charge in [-0.2, -0.15) is 11.8 Å². The van der Waals surface area contributed by atoms with Crippen LogP contribution < -0.4 is 0 Å². The van der Waals surface area contributed by atoms with Crippen LogP contribution in [0.4, 0.5) is 0 Å². The fourth-order valence-electron chi connectivity index (χ4n) is 1.70. The first kappa shape index (κ1) is 16.0. The van der Waals surface area contributed by atoms with Gasteiger partial charge in [-0.25, -0.2) is 0 Å². The summed E-state index contributed by atoms with van der Waals surface area (Å²) in [5, 5.41) is 8.68. The Bertz CT molecular complexity index is 192. The number of aliphatic hydroxyl groups excluding tert-OH is 1. The van der Waals surface area contributed by atoms with Crippen molar-refractivity contribution in [3.05, 3.63) is 0 Å². The van der Waals surface area contributed by atoms with Crippen LogP contribution in [0, 0.1) is 5.92 Å². The minimum atomic E-state index is 0.289. The molecule has 1 N–H and O–H groups in total. The zero-order chi connectivity index (χ0) is 12.4. The zero-order valence-corrected chi connectivity index (χ0v) is 12.0. The summed E-state index contributed by atoms with van der Waals surface area (Å²) >= 11 is 1.82. The normalized spacial score (nSPS) is 14.5. The van der Waals surface area contributed by atoms with Crippen LogP contribution in [0.3, 0.4) is 0 Å². The summed E-state index contributed by atoms with van der Waals surface area (Å²) in [4.78, 5) is 4.77. The smallest absolute Gasteiger partial charge is 0.0521 e. The van der Waals surface area contributed by atoms with Gasteiger partial charge in [-0.05, 0) is 37.9 Å². The van der Waals surface area contributed by atoms with Gasteiger partial charge in [0.2, 0.25) is 0 Å². The summed E-state index contributed by atoms with van der Waals surface area (Å²) in [6.07, 6.45) is 3.37. The first-order valence-corrected chi connectivity index (χ1v) is 7.47. The van der Waals surface area contributed by atoms with Gasteiger partial charge in [0.25, 0.3) is 0 Å².